The van der Waals surface area contributed by atoms with Gasteiger partial charge in [0.15, 0.2) is 0 Å². The summed E-state index contributed by atoms with van der Waals surface area (Å²) in [5.74, 6) is -0.726. The number of nitrogens with zero attached hydrogens (tertiary/aromatic N) is 3. The van der Waals surface area contributed by atoms with E-state index in [1.165, 1.54) is 17.0 Å². The number of nitrogen functional groups attached to an aromatic ring is 1. The van der Waals surface area contributed by atoms with Gasteiger partial charge in [0.1, 0.15) is 17.5 Å². The summed E-state index contributed by atoms with van der Waals surface area (Å²) in [5.41, 5.74) is 7.53. The molecule has 6 heteroatoms. The molecule has 0 radical (unpaired) electrons. The fourth-order valence-electron chi connectivity index (χ4n) is 1.54. The van der Waals surface area contributed by atoms with Gasteiger partial charge in [-0.15, -0.1) is 0 Å². The molecule has 2 aromatic rings. The van der Waals surface area contributed by atoms with Crippen LogP contribution in [0.15, 0.2) is 36.5 Å². The molecule has 0 aliphatic heterocycles. The van der Waals surface area contributed by atoms with Crippen molar-refractivity contribution in [3.05, 3.63) is 47.7 Å². The van der Waals surface area contributed by atoms with Gasteiger partial charge in [0.2, 0.25) is 0 Å². The zero-order chi connectivity index (χ0) is 13.8. The highest BCUT2D eigenvalue weighted by atomic mass is 16.4. The van der Waals surface area contributed by atoms with Gasteiger partial charge in [-0.3, -0.25) is 0 Å². The first-order valence-corrected chi connectivity index (χ1v) is 5.37. The highest BCUT2D eigenvalue weighted by Crippen LogP contribution is 2.17. The largest absolute Gasteiger partial charge is 0.478 e. The van der Waals surface area contributed by atoms with E-state index in [2.05, 4.69) is 5.10 Å². The van der Waals surface area contributed by atoms with Crippen LogP contribution >= 0.6 is 0 Å². The van der Waals surface area contributed by atoms with Crippen molar-refractivity contribution in [2.45, 2.75) is 0 Å². The van der Waals surface area contributed by atoms with Gasteiger partial charge in [0, 0.05) is 6.08 Å². The van der Waals surface area contributed by atoms with Crippen LogP contribution in [0.1, 0.15) is 11.1 Å². The molecule has 0 unspecified atom stereocenters. The van der Waals surface area contributed by atoms with Crippen molar-refractivity contribution >= 4 is 17.9 Å². The predicted octanol–water partition coefficient (Wildman–Crippen LogP) is 1.42. The maximum atomic E-state index is 10.4. The quantitative estimate of drug-likeness (QED) is 0.806. The Morgan fingerprint density at radius 1 is 1.42 bits per heavy atom. The number of carboxylic acids is 1. The third-order valence-electron chi connectivity index (χ3n) is 2.48. The van der Waals surface area contributed by atoms with Crippen molar-refractivity contribution in [2.75, 3.05) is 5.73 Å². The Morgan fingerprint density at radius 3 is 2.63 bits per heavy atom. The molecule has 94 valence electrons. The molecule has 0 aliphatic carbocycles. The minimum absolute atomic E-state index is 0.274. The van der Waals surface area contributed by atoms with Gasteiger partial charge in [0.25, 0.3) is 0 Å². The standard InChI is InChI=1S/C13H10N4O2/c14-7-10-8-16-17(13(10)15)11-4-1-9(2-5-11)3-6-12(18)19/h1-6,8H,15H2,(H,18,19). The lowest BCUT2D eigenvalue weighted by Gasteiger charge is -2.04. The second kappa shape index (κ2) is 5.06. The van der Waals surface area contributed by atoms with Crippen LogP contribution in [0.25, 0.3) is 11.8 Å². The molecule has 1 aromatic carbocycles. The third-order valence-corrected chi connectivity index (χ3v) is 2.48. The van der Waals surface area contributed by atoms with E-state index in [4.69, 9.17) is 16.1 Å². The van der Waals surface area contributed by atoms with Crippen LogP contribution in [0.3, 0.4) is 0 Å². The van der Waals surface area contributed by atoms with Gasteiger partial charge in [-0.25, -0.2) is 9.48 Å². The van der Waals surface area contributed by atoms with E-state index >= 15 is 0 Å². The lowest BCUT2D eigenvalue weighted by atomic mass is 10.2. The number of aromatic nitrogens is 2. The maximum Gasteiger partial charge on any atom is 0.328 e. The Labute approximate surface area is 109 Å². The van der Waals surface area contributed by atoms with Crippen LogP contribution in [0.2, 0.25) is 0 Å². The zero-order valence-electron chi connectivity index (χ0n) is 9.82. The number of benzene rings is 1. The molecule has 19 heavy (non-hydrogen) atoms. The van der Waals surface area contributed by atoms with E-state index in [1.54, 1.807) is 24.3 Å². The monoisotopic (exact) mass is 254 g/mol. The Hall–Kier alpha value is -3.07. The lowest BCUT2D eigenvalue weighted by Crippen LogP contribution is -2.02. The first-order chi connectivity index (χ1) is 9.11. The number of nitriles is 1. The zero-order valence-corrected chi connectivity index (χ0v) is 9.82. The van der Waals surface area contributed by atoms with Crippen LogP contribution in [-0.2, 0) is 4.79 Å². The topological polar surface area (TPSA) is 105 Å². The maximum absolute atomic E-state index is 10.4. The summed E-state index contributed by atoms with van der Waals surface area (Å²) in [4.78, 5) is 10.4. The molecule has 6 nitrogen and oxygen atoms in total. The lowest BCUT2D eigenvalue weighted by molar-refractivity contribution is -0.131. The normalized spacial score (nSPS) is 10.5. The number of carboxylic acid groups (broad SMARTS) is 1. The fourth-order valence-corrected chi connectivity index (χ4v) is 1.54. The Morgan fingerprint density at radius 2 is 2.11 bits per heavy atom. The average Bonchev–Trinajstić information content (AvgIpc) is 2.78. The molecule has 1 heterocycles. The molecule has 0 bridgehead atoms. The van der Waals surface area contributed by atoms with Crippen molar-refractivity contribution < 1.29 is 9.90 Å². The first kappa shape index (κ1) is 12.4. The molecule has 1 aromatic heterocycles. The summed E-state index contributed by atoms with van der Waals surface area (Å²) >= 11 is 0. The minimum Gasteiger partial charge on any atom is -0.478 e. The third kappa shape index (κ3) is 2.61. The number of hydrogen-bond donors (Lipinski definition) is 2. The molecule has 0 atom stereocenters. The molecule has 0 saturated carbocycles. The summed E-state index contributed by atoms with van der Waals surface area (Å²) < 4.78 is 1.45. The van der Waals surface area contributed by atoms with Gasteiger partial charge >= 0.3 is 5.97 Å². The van der Waals surface area contributed by atoms with Gasteiger partial charge in [-0.05, 0) is 23.8 Å². The second-order valence-corrected chi connectivity index (χ2v) is 3.73. The van der Waals surface area contributed by atoms with Crippen LogP contribution in [0.5, 0.6) is 0 Å². The minimum atomic E-state index is -1.00. The van der Waals surface area contributed by atoms with Crippen LogP contribution in [0.4, 0.5) is 5.82 Å². The van der Waals surface area contributed by atoms with E-state index in [0.717, 1.165) is 11.6 Å². The van der Waals surface area contributed by atoms with Crippen LogP contribution in [-0.4, -0.2) is 20.9 Å². The van der Waals surface area contributed by atoms with Gasteiger partial charge in [0.05, 0.1) is 11.9 Å². The molecule has 0 fully saturated rings. The molecule has 0 amide bonds. The van der Waals surface area contributed by atoms with E-state index in [-0.39, 0.29) is 5.82 Å². The van der Waals surface area contributed by atoms with Crippen LogP contribution in [0, 0.1) is 11.3 Å². The van der Waals surface area contributed by atoms with Gasteiger partial charge < -0.3 is 10.8 Å². The first-order valence-electron chi connectivity index (χ1n) is 5.37. The molecule has 3 N–H and O–H groups in total. The van der Waals surface area contributed by atoms with E-state index in [0.29, 0.717) is 11.3 Å². The van der Waals surface area contributed by atoms with Gasteiger partial charge in [-0.1, -0.05) is 12.1 Å². The molecular weight excluding hydrogens is 244 g/mol. The predicted molar refractivity (Wildman–Crippen MR) is 69.4 cm³/mol. The number of hydrogen-bond acceptors (Lipinski definition) is 4. The van der Waals surface area contributed by atoms with Crippen molar-refractivity contribution in [1.82, 2.24) is 9.78 Å². The summed E-state index contributed by atoms with van der Waals surface area (Å²) in [6, 6.07) is 8.91. The number of nitrogens with two attached hydrogens (primary N) is 1. The fraction of sp³-hybridized carbons (Fsp3) is 0. The van der Waals surface area contributed by atoms with Crippen molar-refractivity contribution in [3.63, 3.8) is 0 Å². The molecule has 0 aliphatic rings. The summed E-state index contributed by atoms with van der Waals surface area (Å²) in [5, 5.41) is 21.3. The Kier molecular flexibility index (Phi) is 3.30. The highest BCUT2D eigenvalue weighted by molar-refractivity contribution is 5.85. The summed E-state index contributed by atoms with van der Waals surface area (Å²) in [6.07, 6.45) is 3.94. The van der Waals surface area contributed by atoms with E-state index in [1.807, 2.05) is 6.07 Å². The number of rotatable bonds is 3. The van der Waals surface area contributed by atoms with Crippen LogP contribution < -0.4 is 5.73 Å². The number of carbonyl (C=O) groups is 1. The Bertz CT molecular complexity index is 678. The molecular formula is C13H10N4O2. The van der Waals surface area contributed by atoms with Crippen molar-refractivity contribution in [3.8, 4) is 11.8 Å². The van der Waals surface area contributed by atoms with E-state index in [9.17, 15) is 4.79 Å². The van der Waals surface area contributed by atoms with Crippen molar-refractivity contribution in [2.24, 2.45) is 0 Å². The summed E-state index contributed by atoms with van der Waals surface area (Å²) in [7, 11) is 0. The summed E-state index contributed by atoms with van der Waals surface area (Å²) in [6.45, 7) is 0. The number of anilines is 1. The SMILES string of the molecule is N#Cc1cnn(-c2ccc(C=CC(=O)O)cc2)c1N. The molecule has 0 spiro atoms. The van der Waals surface area contributed by atoms with E-state index < -0.39 is 5.97 Å². The number of aliphatic carboxylic acids is 1. The molecule has 0 saturated heterocycles. The average molecular weight is 254 g/mol. The highest BCUT2D eigenvalue weighted by Gasteiger charge is 2.07. The Balaban J connectivity index is 2.30. The van der Waals surface area contributed by atoms with Gasteiger partial charge in [-0.2, -0.15) is 10.4 Å². The molecule has 2 rings (SSSR count). The smallest absolute Gasteiger partial charge is 0.328 e. The second-order valence-electron chi connectivity index (χ2n) is 3.73. The van der Waals surface area contributed by atoms with Crippen molar-refractivity contribution in [1.29, 1.82) is 5.26 Å².